The molecule has 0 aromatic rings. The molecule has 1 heteroatoms. The molecule has 0 N–H and O–H groups in total. The fraction of sp³-hybridized carbons (Fsp3) is 0.500. The Morgan fingerprint density at radius 3 is 2.86 bits per heavy atom. The third kappa shape index (κ3) is 1.45. The third-order valence-corrected chi connectivity index (χ3v) is 6.32. The van der Waals surface area contributed by atoms with Gasteiger partial charge in [0.25, 0.3) is 0 Å². The Kier molecular flexibility index (Phi) is 2.17. The zero-order chi connectivity index (χ0) is 5.11. The van der Waals surface area contributed by atoms with Crippen molar-refractivity contribution in [2.75, 3.05) is 0 Å². The fourth-order valence-corrected chi connectivity index (χ4v) is 4.75. The van der Waals surface area contributed by atoms with Crippen LogP contribution in [0.3, 0.4) is 0 Å². The molecule has 0 aromatic carbocycles. The molecule has 0 aliphatic carbocycles. The molecule has 0 fully saturated rings. The second-order valence-corrected chi connectivity index (χ2v) is 6.80. The van der Waals surface area contributed by atoms with Crippen LogP contribution in [-0.2, 0) is 0 Å². The van der Waals surface area contributed by atoms with E-state index in [0.717, 1.165) is 0 Å². The monoisotopic (exact) mass is 196 g/mol. The molecular formula is C6H9In. The fourth-order valence-electron chi connectivity index (χ4n) is 0.881. The molecule has 36 valence electrons. The summed E-state index contributed by atoms with van der Waals surface area (Å²) in [6, 6.07) is 0. The summed E-state index contributed by atoms with van der Waals surface area (Å²) in [5.74, 6) is 0. The molecule has 1 aliphatic heterocycles. The van der Waals surface area contributed by atoms with Gasteiger partial charge in [0.2, 0.25) is 0 Å². The Morgan fingerprint density at radius 2 is 2.57 bits per heavy atom. The molecule has 1 heterocycles. The minimum atomic E-state index is -0.132. The van der Waals surface area contributed by atoms with Crippen LogP contribution < -0.4 is 0 Å². The standard InChI is InChI=1S/C6H9.In/c1-3-5-6-4-2;/h3H,1-2,4,6H2;. The molecule has 0 unspecified atom stereocenters. The van der Waals surface area contributed by atoms with Gasteiger partial charge < -0.3 is 0 Å². The molecule has 0 amide bonds. The van der Waals surface area contributed by atoms with Crippen LogP contribution in [0.25, 0.3) is 0 Å². The van der Waals surface area contributed by atoms with E-state index in [-0.39, 0.29) is 22.4 Å². The number of allylic oxidation sites excluding steroid dienone is 1. The van der Waals surface area contributed by atoms with E-state index in [2.05, 4.69) is 12.7 Å². The van der Waals surface area contributed by atoms with Crippen LogP contribution in [0.2, 0.25) is 4.18 Å². The van der Waals surface area contributed by atoms with Crippen molar-refractivity contribution in [3.63, 3.8) is 0 Å². The van der Waals surface area contributed by atoms with Gasteiger partial charge in [-0.1, -0.05) is 0 Å². The SMILES string of the molecule is C=C[C]1=[In][CH2]CC1. The molecule has 0 saturated heterocycles. The molecule has 0 saturated carbocycles. The first-order valence-corrected chi connectivity index (χ1v) is 6.73. The zero-order valence-corrected chi connectivity index (χ0v) is 7.78. The van der Waals surface area contributed by atoms with Crippen molar-refractivity contribution in [1.82, 2.24) is 0 Å². The van der Waals surface area contributed by atoms with Gasteiger partial charge in [0.1, 0.15) is 0 Å². The summed E-state index contributed by atoms with van der Waals surface area (Å²) in [7, 11) is 0. The summed E-state index contributed by atoms with van der Waals surface area (Å²) in [6.45, 7) is 3.75. The van der Waals surface area contributed by atoms with Crippen molar-refractivity contribution < 1.29 is 0 Å². The van der Waals surface area contributed by atoms with E-state index in [9.17, 15) is 0 Å². The zero-order valence-electron chi connectivity index (χ0n) is 4.48. The summed E-state index contributed by atoms with van der Waals surface area (Å²) in [5.41, 5.74) is 0. The van der Waals surface area contributed by atoms with Gasteiger partial charge in [0, 0.05) is 0 Å². The van der Waals surface area contributed by atoms with E-state index in [0.29, 0.717) is 0 Å². The van der Waals surface area contributed by atoms with Gasteiger partial charge in [-0.3, -0.25) is 0 Å². The van der Waals surface area contributed by atoms with E-state index >= 15 is 0 Å². The van der Waals surface area contributed by atoms with Crippen molar-refractivity contribution in [3.8, 4) is 0 Å². The first kappa shape index (κ1) is 5.61. The topological polar surface area (TPSA) is 0 Å². The quantitative estimate of drug-likeness (QED) is 0.592. The van der Waals surface area contributed by atoms with Crippen LogP contribution in [0.15, 0.2) is 12.7 Å². The van der Waals surface area contributed by atoms with E-state index in [4.69, 9.17) is 0 Å². The number of rotatable bonds is 1. The minimum absolute atomic E-state index is 0.132. The van der Waals surface area contributed by atoms with Crippen LogP contribution in [0.5, 0.6) is 0 Å². The second kappa shape index (κ2) is 2.71. The van der Waals surface area contributed by atoms with Crippen molar-refractivity contribution in [3.05, 3.63) is 12.7 Å². The normalized spacial score (nSPS) is 18.0. The van der Waals surface area contributed by atoms with Gasteiger partial charge >= 0.3 is 55.4 Å². The molecule has 1 rings (SSSR count). The van der Waals surface area contributed by atoms with Crippen LogP contribution in [0.4, 0.5) is 0 Å². The third-order valence-electron chi connectivity index (χ3n) is 1.34. The number of hydrogen-bond acceptors (Lipinski definition) is 0. The van der Waals surface area contributed by atoms with E-state index in [1.54, 1.807) is 7.43 Å². The van der Waals surface area contributed by atoms with Crippen molar-refractivity contribution >= 4 is 25.7 Å². The van der Waals surface area contributed by atoms with Gasteiger partial charge in [-0.25, -0.2) is 0 Å². The Morgan fingerprint density at radius 1 is 1.71 bits per heavy atom. The molecule has 0 nitrogen and oxygen atoms in total. The van der Waals surface area contributed by atoms with Crippen molar-refractivity contribution in [1.29, 1.82) is 0 Å². The van der Waals surface area contributed by atoms with Crippen LogP contribution >= 0.6 is 0 Å². The molecular weight excluding hydrogens is 187 g/mol. The molecule has 7 heavy (non-hydrogen) atoms. The molecule has 1 aliphatic rings. The van der Waals surface area contributed by atoms with Crippen LogP contribution in [0, 0.1) is 0 Å². The van der Waals surface area contributed by atoms with Crippen molar-refractivity contribution in [2.24, 2.45) is 0 Å². The van der Waals surface area contributed by atoms with Crippen LogP contribution in [-0.4, -0.2) is 25.7 Å². The molecule has 0 spiro atoms. The maximum absolute atomic E-state index is 3.75. The first-order valence-electron chi connectivity index (χ1n) is 2.75. The summed E-state index contributed by atoms with van der Waals surface area (Å²) in [6.07, 6.45) is 4.96. The summed E-state index contributed by atoms with van der Waals surface area (Å²) < 4.78 is 3.33. The Labute approximate surface area is 55.5 Å². The van der Waals surface area contributed by atoms with Gasteiger partial charge in [-0.15, -0.1) is 0 Å². The summed E-state index contributed by atoms with van der Waals surface area (Å²) >= 11 is -0.132. The maximum atomic E-state index is 3.75. The van der Waals surface area contributed by atoms with Gasteiger partial charge in [-0.05, 0) is 0 Å². The second-order valence-electron chi connectivity index (χ2n) is 1.88. The predicted octanol–water partition coefficient (Wildman–Crippen LogP) is 1.26. The van der Waals surface area contributed by atoms with E-state index in [1.165, 1.54) is 12.8 Å². The van der Waals surface area contributed by atoms with E-state index < -0.39 is 0 Å². The molecule has 0 bridgehead atoms. The van der Waals surface area contributed by atoms with Crippen LogP contribution in [0.1, 0.15) is 12.8 Å². The molecule has 0 atom stereocenters. The summed E-state index contributed by atoms with van der Waals surface area (Å²) in [4.78, 5) is 0. The van der Waals surface area contributed by atoms with Gasteiger partial charge in [-0.2, -0.15) is 0 Å². The van der Waals surface area contributed by atoms with Crippen molar-refractivity contribution in [2.45, 2.75) is 17.0 Å². The Bertz CT molecular complexity index is 103. The first-order chi connectivity index (χ1) is 3.43. The number of hydrogen-bond donors (Lipinski definition) is 0. The van der Waals surface area contributed by atoms with E-state index in [1.807, 2.05) is 0 Å². The average Bonchev–Trinajstić information content (AvgIpc) is 2.14. The Hall–Kier alpha value is 0.480. The molecule has 0 aromatic heterocycles. The summed E-state index contributed by atoms with van der Waals surface area (Å²) in [5, 5.41) is 0. The van der Waals surface area contributed by atoms with Gasteiger partial charge in [0.15, 0.2) is 0 Å². The van der Waals surface area contributed by atoms with Gasteiger partial charge in [0.05, 0.1) is 0 Å². The Balaban J connectivity index is 2.51. The predicted molar refractivity (Wildman–Crippen MR) is 35.0 cm³/mol. The molecule has 0 radical (unpaired) electrons. The average molecular weight is 196 g/mol.